The molecule has 0 amide bonds. The van der Waals surface area contributed by atoms with Crippen molar-refractivity contribution in [2.24, 2.45) is 0 Å². The highest BCUT2D eigenvalue weighted by Crippen LogP contribution is 2.26. The molecule has 1 unspecified atom stereocenters. The second-order valence-electron chi connectivity index (χ2n) is 4.66. The van der Waals surface area contributed by atoms with Gasteiger partial charge in [0.2, 0.25) is 0 Å². The summed E-state index contributed by atoms with van der Waals surface area (Å²) >= 11 is 6.20. The summed E-state index contributed by atoms with van der Waals surface area (Å²) < 4.78 is 15.3. The molecule has 0 aliphatic carbocycles. The van der Waals surface area contributed by atoms with E-state index in [0.717, 1.165) is 16.9 Å². The van der Waals surface area contributed by atoms with Crippen LogP contribution in [0.1, 0.15) is 23.7 Å². The molecule has 0 bridgehead atoms. The Morgan fingerprint density at radius 1 is 1.25 bits per heavy atom. The van der Waals surface area contributed by atoms with E-state index < -0.39 is 0 Å². The summed E-state index contributed by atoms with van der Waals surface area (Å²) in [7, 11) is 0. The fraction of sp³-hybridized carbons (Fsp3) is 0.200. The lowest BCUT2D eigenvalue weighted by molar-refractivity contribution is 0.629. The van der Waals surface area contributed by atoms with Crippen molar-refractivity contribution in [1.82, 2.24) is 14.5 Å². The van der Waals surface area contributed by atoms with Gasteiger partial charge in [-0.3, -0.25) is 4.98 Å². The highest BCUT2D eigenvalue weighted by atomic mass is 35.5. The van der Waals surface area contributed by atoms with E-state index in [9.17, 15) is 4.39 Å². The Kier molecular flexibility index (Phi) is 3.40. The predicted molar refractivity (Wildman–Crippen MR) is 77.3 cm³/mol. The van der Waals surface area contributed by atoms with Gasteiger partial charge in [0.25, 0.3) is 0 Å². The van der Waals surface area contributed by atoms with Crippen LogP contribution in [0, 0.1) is 5.82 Å². The molecule has 0 saturated heterocycles. The molecular formula is C15H13ClFN3. The normalized spacial score (nSPS) is 12.8. The van der Waals surface area contributed by atoms with Crippen molar-refractivity contribution in [2.75, 3.05) is 0 Å². The molecule has 0 saturated carbocycles. The Balaban J connectivity index is 2.14. The minimum atomic E-state index is -0.292. The van der Waals surface area contributed by atoms with Crippen LogP contribution in [0.25, 0.3) is 11.0 Å². The van der Waals surface area contributed by atoms with Crippen LogP contribution in [-0.2, 0) is 6.54 Å². The molecule has 0 aliphatic rings. The minimum Gasteiger partial charge on any atom is -0.322 e. The highest BCUT2D eigenvalue weighted by Gasteiger charge is 2.15. The third-order valence-electron chi connectivity index (χ3n) is 3.19. The first-order valence-corrected chi connectivity index (χ1v) is 6.77. The molecule has 5 heteroatoms. The van der Waals surface area contributed by atoms with Crippen LogP contribution in [0.15, 0.2) is 42.7 Å². The number of halogens is 2. The number of hydrogen-bond acceptors (Lipinski definition) is 2. The zero-order valence-corrected chi connectivity index (χ0v) is 11.7. The largest absolute Gasteiger partial charge is 0.322 e. The summed E-state index contributed by atoms with van der Waals surface area (Å²) in [5.74, 6) is 0.448. The molecule has 0 N–H and O–H groups in total. The van der Waals surface area contributed by atoms with Crippen LogP contribution in [0.2, 0.25) is 0 Å². The van der Waals surface area contributed by atoms with E-state index in [2.05, 4.69) is 9.97 Å². The zero-order chi connectivity index (χ0) is 14.1. The van der Waals surface area contributed by atoms with Crippen molar-refractivity contribution >= 4 is 22.6 Å². The number of hydrogen-bond donors (Lipinski definition) is 0. The van der Waals surface area contributed by atoms with Gasteiger partial charge in [0, 0.05) is 25.0 Å². The number of imidazole rings is 1. The van der Waals surface area contributed by atoms with Gasteiger partial charge >= 0.3 is 0 Å². The molecule has 2 aromatic heterocycles. The molecule has 0 spiro atoms. The Morgan fingerprint density at radius 3 is 2.70 bits per heavy atom. The Labute approximate surface area is 121 Å². The van der Waals surface area contributed by atoms with Crippen LogP contribution in [0.5, 0.6) is 0 Å². The molecule has 3 rings (SSSR count). The number of benzene rings is 1. The first-order chi connectivity index (χ1) is 9.65. The van der Waals surface area contributed by atoms with Gasteiger partial charge in [-0.2, -0.15) is 0 Å². The maximum Gasteiger partial charge on any atom is 0.128 e. The van der Waals surface area contributed by atoms with Crippen molar-refractivity contribution < 1.29 is 4.39 Å². The minimum absolute atomic E-state index is 0.243. The van der Waals surface area contributed by atoms with Gasteiger partial charge in [-0.1, -0.05) is 0 Å². The number of rotatable bonds is 3. The first kappa shape index (κ1) is 13.1. The zero-order valence-electron chi connectivity index (χ0n) is 10.9. The predicted octanol–water partition coefficient (Wildman–Crippen LogP) is 3.92. The van der Waals surface area contributed by atoms with E-state index in [1.165, 1.54) is 12.1 Å². The van der Waals surface area contributed by atoms with E-state index >= 15 is 0 Å². The maximum atomic E-state index is 13.3. The molecule has 20 heavy (non-hydrogen) atoms. The number of nitrogens with zero attached hydrogens (tertiary/aromatic N) is 3. The number of aromatic nitrogens is 3. The number of fused-ring (bicyclic) bond motifs is 1. The second-order valence-corrected chi connectivity index (χ2v) is 5.32. The lowest BCUT2D eigenvalue weighted by atomic mass is 10.2. The Hall–Kier alpha value is -1.94. The van der Waals surface area contributed by atoms with Crippen LogP contribution in [-0.4, -0.2) is 14.5 Å². The van der Waals surface area contributed by atoms with Crippen molar-refractivity contribution in [2.45, 2.75) is 18.8 Å². The van der Waals surface area contributed by atoms with Crippen LogP contribution >= 0.6 is 11.6 Å². The molecule has 1 atom stereocenters. The molecule has 1 aromatic carbocycles. The third kappa shape index (κ3) is 2.39. The highest BCUT2D eigenvalue weighted by molar-refractivity contribution is 6.20. The van der Waals surface area contributed by atoms with Gasteiger partial charge in [-0.15, -0.1) is 11.6 Å². The lowest BCUT2D eigenvalue weighted by Gasteiger charge is -2.10. The topological polar surface area (TPSA) is 30.7 Å². The van der Waals surface area contributed by atoms with Gasteiger partial charge < -0.3 is 4.57 Å². The molecule has 3 nitrogen and oxygen atoms in total. The van der Waals surface area contributed by atoms with Gasteiger partial charge in [0.15, 0.2) is 0 Å². The van der Waals surface area contributed by atoms with Gasteiger partial charge in [0.1, 0.15) is 11.6 Å². The average molecular weight is 290 g/mol. The van der Waals surface area contributed by atoms with Crippen LogP contribution in [0.3, 0.4) is 0 Å². The lowest BCUT2D eigenvalue weighted by Crippen LogP contribution is -2.05. The SMILES string of the molecule is CC(Cl)c1nc2cc(F)ccc2n1Cc1ccncc1. The number of alkyl halides is 1. The van der Waals surface area contributed by atoms with Crippen LogP contribution < -0.4 is 0 Å². The molecule has 3 aromatic rings. The fourth-order valence-electron chi connectivity index (χ4n) is 2.26. The summed E-state index contributed by atoms with van der Waals surface area (Å²) in [6.07, 6.45) is 3.50. The smallest absolute Gasteiger partial charge is 0.128 e. The van der Waals surface area contributed by atoms with Crippen molar-refractivity contribution in [3.63, 3.8) is 0 Å². The fourth-order valence-corrected chi connectivity index (χ4v) is 2.43. The third-order valence-corrected chi connectivity index (χ3v) is 3.38. The summed E-state index contributed by atoms with van der Waals surface area (Å²) in [6, 6.07) is 8.49. The summed E-state index contributed by atoms with van der Waals surface area (Å²) in [6.45, 7) is 2.50. The maximum absolute atomic E-state index is 13.3. The molecule has 0 fully saturated rings. The summed E-state index contributed by atoms with van der Waals surface area (Å²) in [4.78, 5) is 8.45. The van der Waals surface area contributed by atoms with Gasteiger partial charge in [-0.25, -0.2) is 9.37 Å². The second kappa shape index (κ2) is 5.21. The van der Waals surface area contributed by atoms with E-state index in [-0.39, 0.29) is 11.2 Å². The molecule has 2 heterocycles. The molecule has 0 radical (unpaired) electrons. The molecule has 102 valence electrons. The summed E-state index contributed by atoms with van der Waals surface area (Å²) in [5.41, 5.74) is 2.61. The van der Waals surface area contributed by atoms with Gasteiger partial charge in [-0.05, 0) is 36.8 Å². The molecule has 0 aliphatic heterocycles. The van der Waals surface area contributed by atoms with Gasteiger partial charge in [0.05, 0.1) is 16.4 Å². The van der Waals surface area contributed by atoms with Crippen molar-refractivity contribution in [3.05, 3.63) is 59.9 Å². The summed E-state index contributed by atoms with van der Waals surface area (Å²) in [5, 5.41) is -0.243. The van der Waals surface area contributed by atoms with E-state index in [4.69, 9.17) is 11.6 Å². The standard InChI is InChI=1S/C15H13ClFN3/c1-10(16)15-19-13-8-12(17)2-3-14(13)20(15)9-11-4-6-18-7-5-11/h2-8,10H,9H2,1H3. The average Bonchev–Trinajstić information content (AvgIpc) is 2.78. The Bertz CT molecular complexity index is 737. The van der Waals surface area contributed by atoms with E-state index in [0.29, 0.717) is 12.1 Å². The Morgan fingerprint density at radius 2 is 2.00 bits per heavy atom. The number of pyridine rings is 1. The van der Waals surface area contributed by atoms with E-state index in [1.54, 1.807) is 18.5 Å². The van der Waals surface area contributed by atoms with E-state index in [1.807, 2.05) is 23.6 Å². The van der Waals surface area contributed by atoms with Crippen LogP contribution in [0.4, 0.5) is 4.39 Å². The quantitative estimate of drug-likeness (QED) is 0.684. The van der Waals surface area contributed by atoms with Crippen molar-refractivity contribution in [1.29, 1.82) is 0 Å². The van der Waals surface area contributed by atoms with Crippen molar-refractivity contribution in [3.8, 4) is 0 Å². The monoisotopic (exact) mass is 289 g/mol. The molecular weight excluding hydrogens is 277 g/mol. The first-order valence-electron chi connectivity index (χ1n) is 6.34.